The van der Waals surface area contributed by atoms with E-state index in [1.807, 2.05) is 0 Å². The predicted octanol–water partition coefficient (Wildman–Crippen LogP) is 4.74. The Morgan fingerprint density at radius 2 is 1.89 bits per heavy atom. The van der Waals surface area contributed by atoms with Crippen LogP contribution in [0.5, 0.6) is 0 Å². The molecule has 0 heterocycles. The van der Waals surface area contributed by atoms with E-state index >= 15 is 0 Å². The highest BCUT2D eigenvalue weighted by molar-refractivity contribution is 9.10. The summed E-state index contributed by atoms with van der Waals surface area (Å²) in [4.78, 5) is 2.50. The van der Waals surface area contributed by atoms with Crippen molar-refractivity contribution in [1.29, 1.82) is 0 Å². The molecular weight excluding hydrogens is 300 g/mol. The second-order valence-corrected chi connectivity index (χ2v) is 6.19. The Bertz CT molecular complexity index is 390. The lowest BCUT2D eigenvalue weighted by Crippen LogP contribution is -2.33. The molecule has 0 aliphatic rings. The van der Waals surface area contributed by atoms with Crippen LogP contribution in [0.3, 0.4) is 0 Å². The van der Waals surface area contributed by atoms with Crippen LogP contribution in [0, 0.1) is 0 Å². The molecule has 0 aliphatic heterocycles. The van der Waals surface area contributed by atoms with Gasteiger partial charge in [0.15, 0.2) is 0 Å². The molecule has 0 fully saturated rings. The van der Waals surface area contributed by atoms with E-state index in [-0.39, 0.29) is 0 Å². The highest BCUT2D eigenvalue weighted by Crippen LogP contribution is 2.31. The Labute approximate surface area is 126 Å². The van der Waals surface area contributed by atoms with Crippen molar-refractivity contribution in [2.24, 2.45) is 0 Å². The molecule has 0 aromatic heterocycles. The summed E-state index contributed by atoms with van der Waals surface area (Å²) in [7, 11) is 0. The molecular formula is C16H27BrN2. The van der Waals surface area contributed by atoms with Gasteiger partial charge in [0.05, 0.1) is 0 Å². The minimum absolute atomic E-state index is 0.371. The molecule has 1 rings (SSSR count). The quantitative estimate of drug-likeness (QED) is 0.778. The van der Waals surface area contributed by atoms with Gasteiger partial charge >= 0.3 is 0 Å². The van der Waals surface area contributed by atoms with Crippen LogP contribution in [0.4, 0.5) is 5.69 Å². The van der Waals surface area contributed by atoms with Gasteiger partial charge in [0.1, 0.15) is 0 Å². The number of nitrogens with zero attached hydrogens (tertiary/aromatic N) is 1. The van der Waals surface area contributed by atoms with Crippen LogP contribution in [0.15, 0.2) is 22.7 Å². The summed E-state index contributed by atoms with van der Waals surface area (Å²) >= 11 is 3.59. The largest absolute Gasteiger partial charge is 0.369 e. The van der Waals surface area contributed by atoms with Crippen molar-refractivity contribution < 1.29 is 0 Å². The van der Waals surface area contributed by atoms with Crippen LogP contribution < -0.4 is 10.2 Å². The second-order valence-electron chi connectivity index (χ2n) is 5.27. The first-order chi connectivity index (χ1) is 9.01. The number of benzene rings is 1. The van der Waals surface area contributed by atoms with Crippen LogP contribution in [0.2, 0.25) is 0 Å². The van der Waals surface area contributed by atoms with Crippen molar-refractivity contribution >= 4 is 21.6 Å². The third-order valence-corrected chi connectivity index (χ3v) is 3.86. The number of hydrogen-bond donors (Lipinski definition) is 1. The minimum atomic E-state index is 0.371. The summed E-state index contributed by atoms with van der Waals surface area (Å²) in [6.07, 6.45) is 1.17. The van der Waals surface area contributed by atoms with Crippen molar-refractivity contribution in [1.82, 2.24) is 5.32 Å². The number of anilines is 1. The van der Waals surface area contributed by atoms with E-state index < -0.39 is 0 Å². The molecule has 0 spiro atoms. The fourth-order valence-electron chi connectivity index (χ4n) is 2.45. The molecule has 1 unspecified atom stereocenters. The molecule has 2 nitrogen and oxygen atoms in total. The van der Waals surface area contributed by atoms with Crippen molar-refractivity contribution in [3.8, 4) is 0 Å². The van der Waals surface area contributed by atoms with Gasteiger partial charge in [0.25, 0.3) is 0 Å². The molecule has 0 saturated heterocycles. The van der Waals surface area contributed by atoms with E-state index in [1.165, 1.54) is 17.7 Å². The van der Waals surface area contributed by atoms with E-state index in [0.717, 1.165) is 17.6 Å². The molecule has 1 aromatic rings. The maximum Gasteiger partial charge on any atom is 0.0417 e. The molecule has 0 radical (unpaired) electrons. The van der Waals surface area contributed by atoms with Crippen molar-refractivity contribution in [2.75, 3.05) is 18.0 Å². The summed E-state index contributed by atoms with van der Waals surface area (Å²) in [5.41, 5.74) is 2.73. The van der Waals surface area contributed by atoms with E-state index in [9.17, 15) is 0 Å². The predicted molar refractivity (Wildman–Crippen MR) is 89.0 cm³/mol. The number of nitrogens with one attached hydrogen (secondary N) is 1. The highest BCUT2D eigenvalue weighted by atomic mass is 79.9. The van der Waals surface area contributed by atoms with Crippen molar-refractivity contribution in [3.63, 3.8) is 0 Å². The zero-order chi connectivity index (χ0) is 14.4. The third-order valence-electron chi connectivity index (χ3n) is 3.36. The Morgan fingerprint density at radius 1 is 1.21 bits per heavy atom. The Morgan fingerprint density at radius 3 is 2.42 bits per heavy atom. The SMILES string of the molecule is CCCN(c1ccc(Br)cc1C(C)NCC)C(C)C. The van der Waals surface area contributed by atoms with E-state index in [2.05, 4.69) is 79.0 Å². The van der Waals surface area contributed by atoms with Crippen molar-refractivity contribution in [2.45, 2.75) is 53.1 Å². The van der Waals surface area contributed by atoms with Crippen molar-refractivity contribution in [3.05, 3.63) is 28.2 Å². The van der Waals surface area contributed by atoms with Crippen LogP contribution in [-0.4, -0.2) is 19.1 Å². The van der Waals surface area contributed by atoms with Gasteiger partial charge < -0.3 is 10.2 Å². The smallest absolute Gasteiger partial charge is 0.0417 e. The molecule has 0 amide bonds. The van der Waals surface area contributed by atoms with Crippen LogP contribution in [0.25, 0.3) is 0 Å². The highest BCUT2D eigenvalue weighted by Gasteiger charge is 2.17. The van der Waals surface area contributed by atoms with E-state index in [4.69, 9.17) is 0 Å². The maximum atomic E-state index is 3.59. The third kappa shape index (κ3) is 4.50. The molecule has 0 aliphatic carbocycles. The van der Waals surface area contributed by atoms with Gasteiger partial charge in [-0.05, 0) is 57.5 Å². The molecule has 1 atom stereocenters. The van der Waals surface area contributed by atoms with Gasteiger partial charge in [-0.15, -0.1) is 0 Å². The normalized spacial score (nSPS) is 12.8. The maximum absolute atomic E-state index is 3.59. The Balaban J connectivity index is 3.16. The molecule has 3 heteroatoms. The standard InChI is InChI=1S/C16H27BrN2/c1-6-10-19(12(3)4)16-9-8-14(17)11-15(16)13(5)18-7-2/h8-9,11-13,18H,6-7,10H2,1-5H3. The van der Waals surface area contributed by atoms with E-state index in [0.29, 0.717) is 12.1 Å². The summed E-state index contributed by atoms with van der Waals surface area (Å²) in [6.45, 7) is 13.2. The molecule has 1 aromatic carbocycles. The van der Waals surface area contributed by atoms with Gasteiger partial charge in [0, 0.05) is 28.8 Å². The van der Waals surface area contributed by atoms with E-state index in [1.54, 1.807) is 0 Å². The van der Waals surface area contributed by atoms with Gasteiger partial charge in [-0.25, -0.2) is 0 Å². The van der Waals surface area contributed by atoms with Gasteiger partial charge in [-0.2, -0.15) is 0 Å². The molecule has 108 valence electrons. The average Bonchev–Trinajstić information content (AvgIpc) is 2.36. The fourth-order valence-corrected chi connectivity index (χ4v) is 2.83. The van der Waals surface area contributed by atoms with Gasteiger partial charge in [0.2, 0.25) is 0 Å². The Kier molecular flexibility index (Phi) is 6.87. The lowest BCUT2D eigenvalue weighted by atomic mass is 10.0. The molecule has 1 N–H and O–H groups in total. The zero-order valence-electron chi connectivity index (χ0n) is 12.8. The number of hydrogen-bond acceptors (Lipinski definition) is 2. The number of halogens is 1. The molecule has 0 saturated carbocycles. The minimum Gasteiger partial charge on any atom is -0.369 e. The topological polar surface area (TPSA) is 15.3 Å². The van der Waals surface area contributed by atoms with Gasteiger partial charge in [-0.1, -0.05) is 29.8 Å². The second kappa shape index (κ2) is 7.91. The van der Waals surface area contributed by atoms with Crippen LogP contribution in [-0.2, 0) is 0 Å². The van der Waals surface area contributed by atoms with Crippen LogP contribution in [0.1, 0.15) is 52.6 Å². The molecule has 0 bridgehead atoms. The summed E-state index contributed by atoms with van der Waals surface area (Å²) < 4.78 is 1.15. The lowest BCUT2D eigenvalue weighted by molar-refractivity contribution is 0.589. The number of rotatable bonds is 7. The fraction of sp³-hybridized carbons (Fsp3) is 0.625. The zero-order valence-corrected chi connectivity index (χ0v) is 14.4. The van der Waals surface area contributed by atoms with Crippen LogP contribution >= 0.6 is 15.9 Å². The lowest BCUT2D eigenvalue weighted by Gasteiger charge is -2.32. The summed E-state index contributed by atoms with van der Waals surface area (Å²) in [6, 6.07) is 7.52. The first kappa shape index (κ1) is 16.5. The molecule has 19 heavy (non-hydrogen) atoms. The Hall–Kier alpha value is -0.540. The first-order valence-corrected chi connectivity index (χ1v) is 8.10. The summed E-state index contributed by atoms with van der Waals surface area (Å²) in [5.74, 6) is 0. The average molecular weight is 327 g/mol. The monoisotopic (exact) mass is 326 g/mol. The first-order valence-electron chi connectivity index (χ1n) is 7.30. The van der Waals surface area contributed by atoms with Gasteiger partial charge in [-0.3, -0.25) is 0 Å². The summed E-state index contributed by atoms with van der Waals surface area (Å²) in [5, 5.41) is 3.52.